The van der Waals surface area contributed by atoms with Gasteiger partial charge in [0, 0.05) is 11.3 Å². The normalized spacial score (nSPS) is 10.6. The molecule has 0 radical (unpaired) electrons. The van der Waals surface area contributed by atoms with Crippen molar-refractivity contribution in [2.24, 2.45) is 0 Å². The van der Waals surface area contributed by atoms with Gasteiger partial charge in [0.15, 0.2) is 16.6 Å². The smallest absolute Gasteiger partial charge is 0.257 e. The van der Waals surface area contributed by atoms with Gasteiger partial charge in [-0.15, -0.1) is 0 Å². The highest BCUT2D eigenvalue weighted by Gasteiger charge is 2.12. The zero-order chi connectivity index (χ0) is 22.5. The molecule has 0 saturated carbocycles. The van der Waals surface area contributed by atoms with E-state index in [9.17, 15) is 9.59 Å². The Bertz CT molecular complexity index is 1270. The molecular formula is C24H21N3O4S. The number of nitrogens with zero attached hydrogens (tertiary/aromatic N) is 1. The highest BCUT2D eigenvalue weighted by Crippen LogP contribution is 2.30. The minimum atomic E-state index is -0.215. The van der Waals surface area contributed by atoms with E-state index in [1.54, 1.807) is 44.6 Å². The van der Waals surface area contributed by atoms with E-state index in [1.165, 1.54) is 11.3 Å². The topological polar surface area (TPSA) is 89.5 Å². The number of methoxy groups -OCH3 is 2. The molecule has 0 atom stereocenters. The van der Waals surface area contributed by atoms with E-state index >= 15 is 0 Å². The summed E-state index contributed by atoms with van der Waals surface area (Å²) in [5.74, 6) is 0.822. The molecule has 1 heterocycles. The van der Waals surface area contributed by atoms with E-state index in [0.717, 1.165) is 15.8 Å². The lowest BCUT2D eigenvalue weighted by Gasteiger charge is -2.10. The Labute approximate surface area is 189 Å². The van der Waals surface area contributed by atoms with Gasteiger partial charge < -0.3 is 14.8 Å². The van der Waals surface area contributed by atoms with Crippen LogP contribution in [0.2, 0.25) is 0 Å². The molecule has 8 heteroatoms. The zero-order valence-corrected chi connectivity index (χ0v) is 18.4. The first-order chi connectivity index (χ1) is 15.6. The van der Waals surface area contributed by atoms with Crippen molar-refractivity contribution in [1.29, 1.82) is 0 Å². The maximum Gasteiger partial charge on any atom is 0.257 e. The van der Waals surface area contributed by atoms with Crippen LogP contribution in [0, 0.1) is 0 Å². The summed E-state index contributed by atoms with van der Waals surface area (Å²) in [4.78, 5) is 29.3. The van der Waals surface area contributed by atoms with Crippen molar-refractivity contribution in [3.63, 3.8) is 0 Å². The number of hydrogen-bond donors (Lipinski definition) is 2. The number of ether oxygens (including phenoxy) is 2. The number of aromatic nitrogens is 1. The third kappa shape index (κ3) is 4.87. The number of nitrogens with one attached hydrogen (secondary N) is 2. The highest BCUT2D eigenvalue weighted by atomic mass is 32.1. The van der Waals surface area contributed by atoms with Crippen molar-refractivity contribution in [2.75, 3.05) is 24.9 Å². The number of carbonyl (C=O) groups excluding carboxylic acids is 2. The van der Waals surface area contributed by atoms with Crippen molar-refractivity contribution >= 4 is 44.2 Å². The summed E-state index contributed by atoms with van der Waals surface area (Å²) in [5, 5.41) is 6.23. The van der Waals surface area contributed by atoms with Crippen LogP contribution in [0.15, 0.2) is 66.7 Å². The first-order valence-corrected chi connectivity index (χ1v) is 10.6. The number of fused-ring (bicyclic) bond motifs is 1. The summed E-state index contributed by atoms with van der Waals surface area (Å²) in [6, 6.07) is 19.8. The number of benzene rings is 3. The SMILES string of the molecule is COc1ccc(CC(=O)Nc2ccc3nc(NC(=O)c4ccccc4)sc3c2)cc1OC. The fourth-order valence-corrected chi connectivity index (χ4v) is 4.10. The van der Waals surface area contributed by atoms with Crippen LogP contribution in [0.5, 0.6) is 11.5 Å². The summed E-state index contributed by atoms with van der Waals surface area (Å²) in [7, 11) is 3.13. The van der Waals surface area contributed by atoms with Crippen LogP contribution in [0.3, 0.4) is 0 Å². The van der Waals surface area contributed by atoms with Crippen LogP contribution in [-0.2, 0) is 11.2 Å². The van der Waals surface area contributed by atoms with E-state index < -0.39 is 0 Å². The van der Waals surface area contributed by atoms with Crippen LogP contribution in [0.1, 0.15) is 15.9 Å². The van der Waals surface area contributed by atoms with Crippen LogP contribution in [-0.4, -0.2) is 31.0 Å². The first kappa shape index (κ1) is 21.3. The van der Waals surface area contributed by atoms with Gasteiger partial charge in [0.25, 0.3) is 5.91 Å². The number of rotatable bonds is 7. The quantitative estimate of drug-likeness (QED) is 0.427. The molecule has 32 heavy (non-hydrogen) atoms. The van der Waals surface area contributed by atoms with Gasteiger partial charge in [-0.2, -0.15) is 0 Å². The van der Waals surface area contributed by atoms with Gasteiger partial charge in [-0.3, -0.25) is 14.9 Å². The van der Waals surface area contributed by atoms with E-state index in [-0.39, 0.29) is 18.2 Å². The Morgan fingerprint density at radius 2 is 1.69 bits per heavy atom. The minimum Gasteiger partial charge on any atom is -0.493 e. The summed E-state index contributed by atoms with van der Waals surface area (Å²) in [5.41, 5.74) is 2.78. The Morgan fingerprint density at radius 1 is 0.906 bits per heavy atom. The largest absolute Gasteiger partial charge is 0.493 e. The second-order valence-corrected chi connectivity index (χ2v) is 7.97. The predicted molar refractivity (Wildman–Crippen MR) is 126 cm³/mol. The van der Waals surface area contributed by atoms with Gasteiger partial charge in [0.2, 0.25) is 5.91 Å². The van der Waals surface area contributed by atoms with E-state index in [1.807, 2.05) is 36.4 Å². The molecule has 1 aromatic heterocycles. The summed E-state index contributed by atoms with van der Waals surface area (Å²) in [6.07, 6.45) is 0.194. The monoisotopic (exact) mass is 447 g/mol. The van der Waals surface area contributed by atoms with E-state index in [2.05, 4.69) is 15.6 Å². The predicted octanol–water partition coefficient (Wildman–Crippen LogP) is 4.75. The third-order valence-electron chi connectivity index (χ3n) is 4.74. The Kier molecular flexibility index (Phi) is 6.32. The van der Waals surface area contributed by atoms with Crippen LogP contribution in [0.4, 0.5) is 10.8 Å². The second-order valence-electron chi connectivity index (χ2n) is 6.94. The molecule has 0 spiro atoms. The molecule has 0 bridgehead atoms. The maximum atomic E-state index is 12.5. The van der Waals surface area contributed by atoms with Gasteiger partial charge in [-0.25, -0.2) is 4.98 Å². The third-order valence-corrected chi connectivity index (χ3v) is 5.67. The Balaban J connectivity index is 1.43. The fourth-order valence-electron chi connectivity index (χ4n) is 3.20. The molecule has 0 saturated heterocycles. The molecule has 2 N–H and O–H groups in total. The minimum absolute atomic E-state index is 0.154. The lowest BCUT2D eigenvalue weighted by atomic mass is 10.1. The molecule has 3 aromatic carbocycles. The van der Waals surface area contributed by atoms with Crippen LogP contribution < -0.4 is 20.1 Å². The van der Waals surface area contributed by atoms with E-state index in [4.69, 9.17) is 9.47 Å². The summed E-state index contributed by atoms with van der Waals surface area (Å²) in [6.45, 7) is 0. The van der Waals surface area contributed by atoms with Crippen molar-refractivity contribution in [3.8, 4) is 11.5 Å². The maximum absolute atomic E-state index is 12.5. The molecule has 0 fully saturated rings. The van der Waals surface area contributed by atoms with Crippen LogP contribution in [0.25, 0.3) is 10.2 Å². The van der Waals surface area contributed by atoms with Crippen molar-refractivity contribution < 1.29 is 19.1 Å². The number of amides is 2. The van der Waals surface area contributed by atoms with Crippen molar-refractivity contribution in [1.82, 2.24) is 4.98 Å². The number of thiazole rings is 1. The van der Waals surface area contributed by atoms with Gasteiger partial charge in [-0.05, 0) is 48.0 Å². The average Bonchev–Trinajstić information content (AvgIpc) is 3.20. The van der Waals surface area contributed by atoms with E-state index in [0.29, 0.717) is 27.9 Å². The molecule has 0 aliphatic heterocycles. The molecule has 4 rings (SSSR count). The molecule has 7 nitrogen and oxygen atoms in total. The molecular weight excluding hydrogens is 426 g/mol. The number of carbonyl (C=O) groups is 2. The molecule has 0 aliphatic rings. The lowest BCUT2D eigenvalue weighted by Crippen LogP contribution is -2.14. The molecule has 0 unspecified atom stereocenters. The lowest BCUT2D eigenvalue weighted by molar-refractivity contribution is -0.115. The number of hydrogen-bond acceptors (Lipinski definition) is 6. The fraction of sp³-hybridized carbons (Fsp3) is 0.125. The highest BCUT2D eigenvalue weighted by molar-refractivity contribution is 7.22. The second kappa shape index (κ2) is 9.49. The Morgan fingerprint density at radius 3 is 2.44 bits per heavy atom. The van der Waals surface area contributed by atoms with Gasteiger partial charge in [0.1, 0.15) is 0 Å². The molecule has 2 amide bonds. The summed E-state index contributed by atoms with van der Waals surface area (Å²) >= 11 is 1.35. The molecule has 162 valence electrons. The summed E-state index contributed by atoms with van der Waals surface area (Å²) < 4.78 is 11.4. The molecule has 4 aromatic rings. The van der Waals surface area contributed by atoms with Gasteiger partial charge in [-0.1, -0.05) is 35.6 Å². The number of anilines is 2. The van der Waals surface area contributed by atoms with Crippen molar-refractivity contribution in [2.45, 2.75) is 6.42 Å². The van der Waals surface area contributed by atoms with Crippen molar-refractivity contribution in [3.05, 3.63) is 77.9 Å². The standard InChI is InChI=1S/C24H21N3O4S/c1-30-19-11-8-15(12-20(19)31-2)13-22(28)25-17-9-10-18-21(14-17)32-24(26-18)27-23(29)16-6-4-3-5-7-16/h3-12,14H,13H2,1-2H3,(H,25,28)(H,26,27,29). The van der Waals surface area contributed by atoms with Crippen LogP contribution >= 0.6 is 11.3 Å². The first-order valence-electron chi connectivity index (χ1n) is 9.83. The van der Waals surface area contributed by atoms with Gasteiger partial charge >= 0.3 is 0 Å². The zero-order valence-electron chi connectivity index (χ0n) is 17.5. The Hall–Kier alpha value is -3.91. The van der Waals surface area contributed by atoms with Gasteiger partial charge in [0.05, 0.1) is 30.9 Å². The average molecular weight is 448 g/mol. The molecule has 0 aliphatic carbocycles.